The van der Waals surface area contributed by atoms with Crippen molar-refractivity contribution in [1.29, 1.82) is 0 Å². The van der Waals surface area contributed by atoms with Crippen LogP contribution in [-0.4, -0.2) is 42.1 Å². The highest BCUT2D eigenvalue weighted by Crippen LogP contribution is 2.28. The zero-order valence-electron chi connectivity index (χ0n) is 15.4. The highest BCUT2D eigenvalue weighted by molar-refractivity contribution is 7.13. The van der Waals surface area contributed by atoms with Gasteiger partial charge in [-0.1, -0.05) is 18.2 Å². The van der Waals surface area contributed by atoms with Crippen LogP contribution < -0.4 is 4.74 Å². The summed E-state index contributed by atoms with van der Waals surface area (Å²) in [4.78, 5) is 18.8. The van der Waals surface area contributed by atoms with Crippen LogP contribution in [0, 0.1) is 11.6 Å². The molecule has 0 spiro atoms. The summed E-state index contributed by atoms with van der Waals surface area (Å²) >= 11 is 1.39. The Bertz CT molecular complexity index is 1020. The molecule has 1 aromatic heterocycles. The van der Waals surface area contributed by atoms with Gasteiger partial charge in [0, 0.05) is 24.0 Å². The van der Waals surface area contributed by atoms with E-state index in [1.807, 2.05) is 18.2 Å². The van der Waals surface area contributed by atoms with Crippen LogP contribution in [0.25, 0.3) is 10.6 Å². The van der Waals surface area contributed by atoms with Crippen LogP contribution in [0.4, 0.5) is 8.78 Å². The maximum absolute atomic E-state index is 13.3. The number of rotatable bonds is 5. The number of thiazole rings is 1. The molecular weight excluding hydrogens is 398 g/mol. The number of hydrogen-bond acceptors (Lipinski definition) is 5. The van der Waals surface area contributed by atoms with Crippen molar-refractivity contribution in [2.24, 2.45) is 0 Å². The highest BCUT2D eigenvalue weighted by Gasteiger charge is 2.21. The lowest BCUT2D eigenvalue weighted by Crippen LogP contribution is -2.40. The van der Waals surface area contributed by atoms with Crippen molar-refractivity contribution in [3.8, 4) is 16.3 Å². The van der Waals surface area contributed by atoms with Gasteiger partial charge in [-0.15, -0.1) is 11.3 Å². The Morgan fingerprint density at radius 1 is 1.14 bits per heavy atom. The molecule has 5 nitrogen and oxygen atoms in total. The van der Waals surface area contributed by atoms with Crippen LogP contribution in [0.15, 0.2) is 47.8 Å². The Balaban J connectivity index is 1.45. The average Bonchev–Trinajstić information content (AvgIpc) is 3.25. The van der Waals surface area contributed by atoms with Gasteiger partial charge in [-0.25, -0.2) is 13.8 Å². The molecule has 2 aromatic carbocycles. The van der Waals surface area contributed by atoms with Gasteiger partial charge < -0.3 is 14.4 Å². The average molecular weight is 416 g/mol. The molecule has 8 heteroatoms. The third-order valence-electron chi connectivity index (χ3n) is 4.49. The first-order valence-corrected chi connectivity index (χ1v) is 9.98. The van der Waals surface area contributed by atoms with Crippen LogP contribution in [0.3, 0.4) is 0 Å². The molecule has 29 heavy (non-hydrogen) atoms. The van der Waals surface area contributed by atoms with Gasteiger partial charge in [0.25, 0.3) is 5.91 Å². The maximum Gasteiger partial charge on any atom is 0.273 e. The van der Waals surface area contributed by atoms with E-state index in [1.165, 1.54) is 17.4 Å². The fourth-order valence-electron chi connectivity index (χ4n) is 2.95. The minimum absolute atomic E-state index is 0.0958. The van der Waals surface area contributed by atoms with Crippen molar-refractivity contribution in [3.05, 3.63) is 70.7 Å². The van der Waals surface area contributed by atoms with Crippen LogP contribution in [0.2, 0.25) is 0 Å². The van der Waals surface area contributed by atoms with Crippen molar-refractivity contribution < 1.29 is 23.0 Å². The smallest absolute Gasteiger partial charge is 0.273 e. The summed E-state index contributed by atoms with van der Waals surface area (Å²) in [7, 11) is 0. The molecule has 1 amide bonds. The molecule has 150 valence electrons. The maximum atomic E-state index is 13.3. The largest absolute Gasteiger partial charge is 0.489 e. The predicted octanol–water partition coefficient (Wildman–Crippen LogP) is 4.14. The van der Waals surface area contributed by atoms with E-state index >= 15 is 0 Å². The summed E-state index contributed by atoms with van der Waals surface area (Å²) < 4.78 is 37.3. The lowest BCUT2D eigenvalue weighted by molar-refractivity contribution is 0.0299. The summed E-state index contributed by atoms with van der Waals surface area (Å²) in [6.07, 6.45) is 0. The van der Waals surface area contributed by atoms with Crippen molar-refractivity contribution >= 4 is 17.2 Å². The Morgan fingerprint density at radius 3 is 2.76 bits per heavy atom. The Morgan fingerprint density at radius 2 is 1.97 bits per heavy atom. The fourth-order valence-corrected chi connectivity index (χ4v) is 3.74. The molecule has 3 aromatic rings. The second-order valence-electron chi connectivity index (χ2n) is 6.51. The lowest BCUT2D eigenvalue weighted by Gasteiger charge is -2.25. The van der Waals surface area contributed by atoms with E-state index in [4.69, 9.17) is 9.47 Å². The minimum Gasteiger partial charge on any atom is -0.489 e. The minimum atomic E-state index is -0.903. The molecule has 0 saturated carbocycles. The molecule has 1 aliphatic rings. The van der Waals surface area contributed by atoms with Gasteiger partial charge in [0.2, 0.25) is 0 Å². The molecule has 0 atom stereocenters. The number of hydrogen-bond donors (Lipinski definition) is 0. The van der Waals surface area contributed by atoms with Crippen molar-refractivity contribution in [3.63, 3.8) is 0 Å². The number of carbonyl (C=O) groups excluding carboxylic acids is 1. The lowest BCUT2D eigenvalue weighted by atomic mass is 10.2. The number of halogens is 2. The third kappa shape index (κ3) is 4.60. The zero-order chi connectivity index (χ0) is 20.2. The normalized spacial score (nSPS) is 14.1. The van der Waals surface area contributed by atoms with Crippen molar-refractivity contribution in [1.82, 2.24) is 9.88 Å². The van der Waals surface area contributed by atoms with Gasteiger partial charge in [-0.2, -0.15) is 0 Å². The third-order valence-corrected chi connectivity index (χ3v) is 5.38. The van der Waals surface area contributed by atoms with Gasteiger partial charge in [0.1, 0.15) is 23.1 Å². The molecule has 0 bridgehead atoms. The van der Waals surface area contributed by atoms with Crippen LogP contribution in [0.5, 0.6) is 5.75 Å². The fraction of sp³-hybridized carbons (Fsp3) is 0.238. The van der Waals surface area contributed by atoms with Crippen LogP contribution in [0.1, 0.15) is 16.1 Å². The molecule has 0 N–H and O–H groups in total. The van der Waals surface area contributed by atoms with Gasteiger partial charge in [-0.3, -0.25) is 4.79 Å². The Kier molecular flexibility index (Phi) is 5.82. The number of nitrogens with zero attached hydrogens (tertiary/aromatic N) is 2. The highest BCUT2D eigenvalue weighted by atomic mass is 32.1. The van der Waals surface area contributed by atoms with Gasteiger partial charge in [0.05, 0.1) is 13.2 Å². The van der Waals surface area contributed by atoms with Crippen LogP contribution >= 0.6 is 11.3 Å². The monoisotopic (exact) mass is 416 g/mol. The van der Waals surface area contributed by atoms with Crippen molar-refractivity contribution in [2.75, 3.05) is 26.3 Å². The van der Waals surface area contributed by atoms with E-state index in [2.05, 4.69) is 4.98 Å². The predicted molar refractivity (Wildman–Crippen MR) is 105 cm³/mol. The topological polar surface area (TPSA) is 51.7 Å². The SMILES string of the molecule is O=C(c1csc(-c2cccc(OCc3ccc(F)c(F)c3)c2)n1)N1CCOCC1. The standard InChI is InChI=1S/C21H18F2N2O3S/c22-17-5-4-14(10-18(17)23)12-28-16-3-1-2-15(11-16)20-24-19(13-29-20)21(26)25-6-8-27-9-7-25/h1-5,10-11,13H,6-9,12H2. The summed E-state index contributed by atoms with van der Waals surface area (Å²) in [6, 6.07) is 11.0. The summed E-state index contributed by atoms with van der Waals surface area (Å²) in [5.74, 6) is -1.31. The molecule has 0 radical (unpaired) electrons. The van der Waals surface area contributed by atoms with E-state index in [9.17, 15) is 13.6 Å². The van der Waals surface area contributed by atoms with E-state index in [0.717, 1.165) is 17.7 Å². The molecule has 1 fully saturated rings. The first-order valence-electron chi connectivity index (χ1n) is 9.10. The van der Waals surface area contributed by atoms with E-state index in [-0.39, 0.29) is 12.5 Å². The summed E-state index contributed by atoms with van der Waals surface area (Å²) in [5.41, 5.74) is 1.76. The Hall–Kier alpha value is -2.84. The van der Waals surface area contributed by atoms with E-state index in [0.29, 0.717) is 48.3 Å². The number of carbonyl (C=O) groups is 1. The number of ether oxygens (including phenoxy) is 2. The quantitative estimate of drug-likeness (QED) is 0.627. The van der Waals surface area contributed by atoms with Gasteiger partial charge >= 0.3 is 0 Å². The van der Waals surface area contributed by atoms with Gasteiger partial charge in [-0.05, 0) is 29.8 Å². The molecular formula is C21H18F2N2O3S. The number of morpholine rings is 1. The number of aromatic nitrogens is 1. The second-order valence-corrected chi connectivity index (χ2v) is 7.37. The Labute approximate surface area is 170 Å². The summed E-state index contributed by atoms with van der Waals surface area (Å²) in [5, 5.41) is 2.46. The number of benzene rings is 2. The molecule has 1 saturated heterocycles. The van der Waals surface area contributed by atoms with Crippen molar-refractivity contribution in [2.45, 2.75) is 6.61 Å². The van der Waals surface area contributed by atoms with E-state index < -0.39 is 11.6 Å². The second kappa shape index (κ2) is 8.67. The molecule has 1 aliphatic heterocycles. The molecule has 0 unspecified atom stereocenters. The summed E-state index contributed by atoms with van der Waals surface area (Å²) in [6.45, 7) is 2.33. The van der Waals surface area contributed by atoms with Crippen LogP contribution in [-0.2, 0) is 11.3 Å². The molecule has 2 heterocycles. The first kappa shape index (κ1) is 19.5. The first-order chi connectivity index (χ1) is 14.1. The molecule has 0 aliphatic carbocycles. The number of amides is 1. The zero-order valence-corrected chi connectivity index (χ0v) is 16.3. The van der Waals surface area contributed by atoms with E-state index in [1.54, 1.807) is 16.3 Å². The van der Waals surface area contributed by atoms with Gasteiger partial charge in [0.15, 0.2) is 11.6 Å². The molecule has 4 rings (SSSR count).